The van der Waals surface area contributed by atoms with E-state index in [0.29, 0.717) is 36.1 Å². The number of rotatable bonds is 7. The van der Waals surface area contributed by atoms with Crippen molar-refractivity contribution in [3.05, 3.63) is 58.7 Å². The van der Waals surface area contributed by atoms with E-state index in [1.165, 1.54) is 14.0 Å². The molecule has 3 N–H and O–H groups in total. The minimum absolute atomic E-state index is 0.0710. The Morgan fingerprint density at radius 3 is 2.49 bits per heavy atom. The van der Waals surface area contributed by atoms with Gasteiger partial charge in [-0.1, -0.05) is 12.1 Å². The molecule has 1 amide bonds. The zero-order valence-corrected chi connectivity index (χ0v) is 21.7. The standard InChI is InChI=1S/C28H30F2N4O5/c1-14(35)38-18-9-10-22-20(11-18)19-12-24(39-27(29)30)23(37-2)13-21(19)25(33-22)15-3-5-16(6-4-15)26(36)34-28(31)32-17-7-8-17/h3-6,12-13,17-18,20,22,27H,7-11H2,1-2H3,(H3,31,32,34,36). The van der Waals surface area contributed by atoms with Crippen LogP contribution in [-0.2, 0) is 9.53 Å². The molecule has 2 aromatic carbocycles. The summed E-state index contributed by atoms with van der Waals surface area (Å²) in [6, 6.07) is 10.2. The molecule has 2 fully saturated rings. The number of hydrogen-bond acceptors (Lipinski definition) is 7. The molecule has 11 heteroatoms. The van der Waals surface area contributed by atoms with Crippen molar-refractivity contribution in [1.82, 2.24) is 5.32 Å². The van der Waals surface area contributed by atoms with E-state index in [9.17, 15) is 18.4 Å². The fourth-order valence-electron chi connectivity index (χ4n) is 5.25. The van der Waals surface area contributed by atoms with Crippen molar-refractivity contribution in [2.45, 2.75) is 69.7 Å². The van der Waals surface area contributed by atoms with Gasteiger partial charge < -0.3 is 19.9 Å². The Labute approximate surface area is 224 Å². The quantitative estimate of drug-likeness (QED) is 0.312. The number of fused-ring (bicyclic) bond motifs is 3. The van der Waals surface area contributed by atoms with E-state index in [2.05, 4.69) is 10.3 Å². The number of ether oxygens (including phenoxy) is 3. The van der Waals surface area contributed by atoms with Gasteiger partial charge in [0.2, 0.25) is 0 Å². The van der Waals surface area contributed by atoms with Crippen LogP contribution in [0.4, 0.5) is 8.78 Å². The molecule has 1 heterocycles. The van der Waals surface area contributed by atoms with E-state index >= 15 is 0 Å². The highest BCUT2D eigenvalue weighted by Gasteiger charge is 2.39. The van der Waals surface area contributed by atoms with Crippen LogP contribution in [0.5, 0.6) is 11.5 Å². The largest absolute Gasteiger partial charge is 0.493 e. The average Bonchev–Trinajstić information content (AvgIpc) is 3.71. The van der Waals surface area contributed by atoms with Gasteiger partial charge in [-0.15, -0.1) is 0 Å². The lowest BCUT2D eigenvalue weighted by Gasteiger charge is -2.38. The van der Waals surface area contributed by atoms with Crippen LogP contribution in [0, 0.1) is 0 Å². The van der Waals surface area contributed by atoms with Crippen LogP contribution >= 0.6 is 0 Å². The zero-order chi connectivity index (χ0) is 27.7. The number of nitrogens with zero attached hydrogens (tertiary/aromatic N) is 2. The number of nitrogens with two attached hydrogens (primary N) is 1. The fourth-order valence-corrected chi connectivity index (χ4v) is 5.25. The molecule has 0 spiro atoms. The second-order valence-electron chi connectivity index (χ2n) is 9.94. The number of benzene rings is 2. The zero-order valence-electron chi connectivity index (χ0n) is 21.7. The van der Waals surface area contributed by atoms with E-state index < -0.39 is 6.61 Å². The molecule has 0 radical (unpaired) electrons. The van der Waals surface area contributed by atoms with Crippen LogP contribution in [0.2, 0.25) is 0 Å². The number of halogens is 2. The summed E-state index contributed by atoms with van der Waals surface area (Å²) in [6.07, 6.45) is 3.47. The highest BCUT2D eigenvalue weighted by molar-refractivity contribution is 6.15. The summed E-state index contributed by atoms with van der Waals surface area (Å²) in [5.41, 5.74) is 9.10. The summed E-state index contributed by atoms with van der Waals surface area (Å²) in [5, 5.41) is 2.60. The predicted octanol–water partition coefficient (Wildman–Crippen LogP) is 3.92. The van der Waals surface area contributed by atoms with Crippen LogP contribution in [0.25, 0.3) is 0 Å². The minimum Gasteiger partial charge on any atom is -0.493 e. The van der Waals surface area contributed by atoms with Crippen molar-refractivity contribution in [2.24, 2.45) is 15.7 Å². The maximum atomic E-state index is 13.2. The molecule has 3 unspecified atom stereocenters. The summed E-state index contributed by atoms with van der Waals surface area (Å²) in [5.74, 6) is -0.714. The molecule has 3 aliphatic rings. The first-order chi connectivity index (χ1) is 18.7. The van der Waals surface area contributed by atoms with E-state index in [1.54, 1.807) is 36.4 Å². The van der Waals surface area contributed by atoms with Crippen LogP contribution in [0.1, 0.15) is 72.0 Å². The Hall–Kier alpha value is -4.02. The number of nitrogens with one attached hydrogen (secondary N) is 1. The van der Waals surface area contributed by atoms with Crippen LogP contribution in [-0.4, -0.2) is 55.5 Å². The summed E-state index contributed by atoms with van der Waals surface area (Å²) in [6.45, 7) is -1.65. The summed E-state index contributed by atoms with van der Waals surface area (Å²) in [7, 11) is 1.38. The number of guanidine groups is 1. The van der Waals surface area contributed by atoms with Gasteiger partial charge in [0, 0.05) is 29.5 Å². The first-order valence-corrected chi connectivity index (χ1v) is 12.9. The number of aliphatic imine (C=N–C) groups is 2. The first-order valence-electron chi connectivity index (χ1n) is 12.9. The van der Waals surface area contributed by atoms with Crippen LogP contribution in [0.3, 0.4) is 0 Å². The van der Waals surface area contributed by atoms with Crippen molar-refractivity contribution in [1.29, 1.82) is 0 Å². The lowest BCUT2D eigenvalue weighted by molar-refractivity contribution is -0.148. The number of alkyl halides is 2. The SMILES string of the molecule is COc1cc2c(cc1OC(F)F)C1CC(OC(C)=O)CCC1N=C2c1ccc(C(=O)NC(N)=NC2CC2)cc1. The van der Waals surface area contributed by atoms with Gasteiger partial charge >= 0.3 is 12.6 Å². The molecule has 2 aromatic rings. The van der Waals surface area contributed by atoms with E-state index in [0.717, 1.165) is 24.0 Å². The Bertz CT molecular complexity index is 1320. The number of amides is 1. The summed E-state index contributed by atoms with van der Waals surface area (Å²) in [4.78, 5) is 33.5. The highest BCUT2D eigenvalue weighted by atomic mass is 19.3. The number of carbonyl (C=O) groups is 2. The fraction of sp³-hybridized carbons (Fsp3) is 0.429. The third-order valence-electron chi connectivity index (χ3n) is 7.13. The average molecular weight is 541 g/mol. The predicted molar refractivity (Wildman–Crippen MR) is 140 cm³/mol. The van der Waals surface area contributed by atoms with Crippen molar-refractivity contribution < 1.29 is 32.6 Å². The molecule has 3 atom stereocenters. The second kappa shape index (κ2) is 11.0. The Kier molecular flexibility index (Phi) is 7.49. The first kappa shape index (κ1) is 26.6. The molecule has 206 valence electrons. The van der Waals surface area contributed by atoms with Gasteiger partial charge in [0.1, 0.15) is 6.10 Å². The van der Waals surface area contributed by atoms with Gasteiger partial charge in [-0.2, -0.15) is 8.78 Å². The smallest absolute Gasteiger partial charge is 0.387 e. The Morgan fingerprint density at radius 1 is 1.10 bits per heavy atom. The molecule has 39 heavy (non-hydrogen) atoms. The maximum Gasteiger partial charge on any atom is 0.387 e. The van der Waals surface area contributed by atoms with Crippen molar-refractivity contribution >= 4 is 23.5 Å². The Balaban J connectivity index is 1.48. The minimum atomic E-state index is -3.02. The van der Waals surface area contributed by atoms with Gasteiger partial charge in [0.25, 0.3) is 5.91 Å². The molecular formula is C28H30F2N4O5. The third kappa shape index (κ3) is 6.02. The third-order valence-corrected chi connectivity index (χ3v) is 7.13. The van der Waals surface area contributed by atoms with Crippen LogP contribution in [0.15, 0.2) is 46.4 Å². The van der Waals surface area contributed by atoms with E-state index in [1.807, 2.05) is 0 Å². The molecule has 9 nitrogen and oxygen atoms in total. The Morgan fingerprint density at radius 2 is 1.85 bits per heavy atom. The lowest BCUT2D eigenvalue weighted by Crippen LogP contribution is -2.37. The molecule has 5 rings (SSSR count). The number of esters is 1. The molecule has 2 aliphatic carbocycles. The van der Waals surface area contributed by atoms with Crippen molar-refractivity contribution in [2.75, 3.05) is 7.11 Å². The lowest BCUT2D eigenvalue weighted by atomic mass is 9.74. The molecule has 0 bridgehead atoms. The second-order valence-corrected chi connectivity index (χ2v) is 9.94. The van der Waals surface area contributed by atoms with Gasteiger partial charge in [0.15, 0.2) is 17.5 Å². The van der Waals surface area contributed by atoms with Gasteiger partial charge in [0.05, 0.1) is 24.9 Å². The van der Waals surface area contributed by atoms with Gasteiger partial charge in [-0.05, 0) is 61.9 Å². The molecule has 2 saturated carbocycles. The van der Waals surface area contributed by atoms with Crippen LogP contribution < -0.4 is 20.5 Å². The maximum absolute atomic E-state index is 13.2. The molecule has 0 saturated heterocycles. The van der Waals surface area contributed by atoms with Gasteiger partial charge in [-0.3, -0.25) is 19.9 Å². The number of carbonyl (C=O) groups excluding carboxylic acids is 2. The van der Waals surface area contributed by atoms with Gasteiger partial charge in [-0.25, -0.2) is 4.99 Å². The van der Waals surface area contributed by atoms with E-state index in [4.69, 9.17) is 24.9 Å². The normalized spacial score (nSPS) is 22.3. The van der Waals surface area contributed by atoms with E-state index in [-0.39, 0.29) is 53.4 Å². The monoisotopic (exact) mass is 540 g/mol. The number of hydrogen-bond donors (Lipinski definition) is 2. The van der Waals surface area contributed by atoms with Crippen molar-refractivity contribution in [3.8, 4) is 11.5 Å². The highest BCUT2D eigenvalue weighted by Crippen LogP contribution is 2.45. The number of methoxy groups -OCH3 is 1. The molecular weight excluding hydrogens is 510 g/mol. The van der Waals surface area contributed by atoms with Crippen molar-refractivity contribution in [3.63, 3.8) is 0 Å². The molecule has 1 aliphatic heterocycles. The topological polar surface area (TPSA) is 125 Å². The summed E-state index contributed by atoms with van der Waals surface area (Å²) >= 11 is 0. The summed E-state index contributed by atoms with van der Waals surface area (Å²) < 4.78 is 42.0. The molecule has 0 aromatic heterocycles.